The number of aliphatic hydroxyl groups is 2. The van der Waals surface area contributed by atoms with Gasteiger partial charge in [-0.1, -0.05) is 12.1 Å². The smallest absolute Gasteiger partial charge is 0.100 e. The first-order chi connectivity index (χ1) is 7.26. The number of hydrogen-bond donors (Lipinski definition) is 3. The van der Waals surface area contributed by atoms with Gasteiger partial charge in [-0.05, 0) is 17.7 Å². The molecule has 0 aliphatic heterocycles. The molecule has 0 aliphatic carbocycles. The van der Waals surface area contributed by atoms with Gasteiger partial charge in [0.2, 0.25) is 0 Å². The minimum absolute atomic E-state index is 0.153. The van der Waals surface area contributed by atoms with E-state index in [4.69, 9.17) is 14.9 Å². The van der Waals surface area contributed by atoms with Gasteiger partial charge in [-0.2, -0.15) is 0 Å². The van der Waals surface area contributed by atoms with E-state index in [1.807, 2.05) is 31.3 Å². The lowest BCUT2D eigenvalue weighted by molar-refractivity contribution is 0.0000357. The summed E-state index contributed by atoms with van der Waals surface area (Å²) in [5.41, 5.74) is 2.06. The van der Waals surface area contributed by atoms with Crippen LogP contribution in [0.2, 0.25) is 0 Å². The minimum Gasteiger partial charge on any atom is -0.394 e. The average Bonchev–Trinajstić information content (AvgIpc) is 2.29. The molecule has 0 fully saturated rings. The van der Waals surface area contributed by atoms with E-state index in [2.05, 4.69) is 5.32 Å². The number of ether oxygens (including phenoxy) is 1. The van der Waals surface area contributed by atoms with Crippen molar-refractivity contribution in [3.63, 3.8) is 0 Å². The van der Waals surface area contributed by atoms with E-state index >= 15 is 0 Å². The minimum atomic E-state index is -0.794. The lowest BCUT2D eigenvalue weighted by Gasteiger charge is -2.09. The molecule has 3 N–H and O–H groups in total. The van der Waals surface area contributed by atoms with E-state index in [-0.39, 0.29) is 13.2 Å². The summed E-state index contributed by atoms with van der Waals surface area (Å²) in [5, 5.41) is 20.7. The Morgan fingerprint density at radius 3 is 2.93 bits per heavy atom. The van der Waals surface area contributed by atoms with Crippen molar-refractivity contribution < 1.29 is 14.9 Å². The van der Waals surface area contributed by atoms with Crippen molar-refractivity contribution >= 4 is 5.69 Å². The van der Waals surface area contributed by atoms with Gasteiger partial charge in [-0.25, -0.2) is 0 Å². The van der Waals surface area contributed by atoms with E-state index < -0.39 is 6.10 Å². The maximum absolute atomic E-state index is 9.05. The second-order valence-corrected chi connectivity index (χ2v) is 3.30. The van der Waals surface area contributed by atoms with Crippen molar-refractivity contribution in [1.29, 1.82) is 0 Å². The Kier molecular flexibility index (Phi) is 5.10. The van der Waals surface area contributed by atoms with Crippen LogP contribution in [0, 0.1) is 0 Å². The molecule has 1 unspecified atom stereocenters. The molecule has 84 valence electrons. The number of anilines is 1. The Labute approximate surface area is 89.5 Å². The molecule has 15 heavy (non-hydrogen) atoms. The first-order valence-corrected chi connectivity index (χ1v) is 4.89. The largest absolute Gasteiger partial charge is 0.394 e. The summed E-state index contributed by atoms with van der Waals surface area (Å²) in [6.45, 7) is 0.323. The average molecular weight is 211 g/mol. The summed E-state index contributed by atoms with van der Waals surface area (Å²) in [4.78, 5) is 0. The summed E-state index contributed by atoms with van der Waals surface area (Å²) in [6.07, 6.45) is -0.794. The number of rotatable bonds is 6. The molecule has 0 spiro atoms. The van der Waals surface area contributed by atoms with Gasteiger partial charge < -0.3 is 20.3 Å². The fourth-order valence-electron chi connectivity index (χ4n) is 1.18. The summed E-state index contributed by atoms with van der Waals surface area (Å²) in [5.74, 6) is 0. The van der Waals surface area contributed by atoms with Crippen LogP contribution in [-0.2, 0) is 11.3 Å². The highest BCUT2D eigenvalue weighted by Crippen LogP contribution is 2.10. The Bertz CT molecular complexity index is 291. The van der Waals surface area contributed by atoms with Crippen molar-refractivity contribution in [2.75, 3.05) is 25.6 Å². The van der Waals surface area contributed by atoms with Crippen LogP contribution in [-0.4, -0.2) is 36.6 Å². The van der Waals surface area contributed by atoms with Crippen molar-refractivity contribution in [2.24, 2.45) is 0 Å². The van der Waals surface area contributed by atoms with E-state index in [1.165, 1.54) is 0 Å². The molecule has 4 heteroatoms. The molecular formula is C11H17NO3. The lowest BCUT2D eigenvalue weighted by Crippen LogP contribution is -2.19. The molecule has 0 saturated carbocycles. The van der Waals surface area contributed by atoms with Gasteiger partial charge in [-0.15, -0.1) is 0 Å². The summed E-state index contributed by atoms with van der Waals surface area (Å²) in [7, 11) is 1.86. The molecule has 4 nitrogen and oxygen atoms in total. The van der Waals surface area contributed by atoms with Crippen LogP contribution in [0.25, 0.3) is 0 Å². The SMILES string of the molecule is CNc1cccc(COCC(O)CO)c1. The van der Waals surface area contributed by atoms with Crippen molar-refractivity contribution in [3.8, 4) is 0 Å². The second-order valence-electron chi connectivity index (χ2n) is 3.30. The second kappa shape index (κ2) is 6.40. The molecule has 0 aliphatic rings. The first kappa shape index (κ1) is 12.0. The third kappa shape index (κ3) is 4.29. The van der Waals surface area contributed by atoms with Gasteiger partial charge in [0, 0.05) is 12.7 Å². The highest BCUT2D eigenvalue weighted by atomic mass is 16.5. The molecule has 1 atom stereocenters. The normalized spacial score (nSPS) is 12.5. The Morgan fingerprint density at radius 2 is 2.27 bits per heavy atom. The molecule has 0 bridgehead atoms. The van der Waals surface area contributed by atoms with Gasteiger partial charge in [0.25, 0.3) is 0 Å². The van der Waals surface area contributed by atoms with Gasteiger partial charge in [0.1, 0.15) is 6.10 Å². The maximum atomic E-state index is 9.05. The van der Waals surface area contributed by atoms with Crippen molar-refractivity contribution in [1.82, 2.24) is 0 Å². The molecule has 0 radical (unpaired) electrons. The fourth-order valence-corrected chi connectivity index (χ4v) is 1.18. The van der Waals surface area contributed by atoms with Crippen LogP contribution in [0.5, 0.6) is 0 Å². The molecular weight excluding hydrogens is 194 g/mol. The number of nitrogens with one attached hydrogen (secondary N) is 1. The van der Waals surface area contributed by atoms with E-state index in [0.29, 0.717) is 6.61 Å². The zero-order valence-corrected chi connectivity index (χ0v) is 8.81. The Morgan fingerprint density at radius 1 is 1.47 bits per heavy atom. The number of aliphatic hydroxyl groups excluding tert-OH is 2. The van der Waals surface area contributed by atoms with Gasteiger partial charge in [0.15, 0.2) is 0 Å². The van der Waals surface area contributed by atoms with Crippen LogP contribution in [0.15, 0.2) is 24.3 Å². The van der Waals surface area contributed by atoms with Crippen LogP contribution in [0.3, 0.4) is 0 Å². The monoisotopic (exact) mass is 211 g/mol. The standard InChI is InChI=1S/C11H17NO3/c1-12-10-4-2-3-9(5-10)7-15-8-11(14)6-13/h2-5,11-14H,6-8H2,1H3. The highest BCUT2D eigenvalue weighted by Gasteiger charge is 2.01. The van der Waals surface area contributed by atoms with Crippen LogP contribution in [0.4, 0.5) is 5.69 Å². The van der Waals surface area contributed by atoms with Crippen LogP contribution >= 0.6 is 0 Å². The van der Waals surface area contributed by atoms with E-state index in [9.17, 15) is 0 Å². The third-order valence-corrected chi connectivity index (χ3v) is 2.01. The van der Waals surface area contributed by atoms with Crippen LogP contribution in [0.1, 0.15) is 5.56 Å². The van der Waals surface area contributed by atoms with E-state index in [0.717, 1.165) is 11.3 Å². The molecule has 0 saturated heterocycles. The summed E-state index contributed by atoms with van der Waals surface area (Å²) >= 11 is 0. The Balaban J connectivity index is 2.37. The van der Waals surface area contributed by atoms with Gasteiger partial charge >= 0.3 is 0 Å². The Hall–Kier alpha value is -1.10. The lowest BCUT2D eigenvalue weighted by atomic mass is 10.2. The number of hydrogen-bond acceptors (Lipinski definition) is 4. The maximum Gasteiger partial charge on any atom is 0.100 e. The zero-order chi connectivity index (χ0) is 11.1. The summed E-state index contributed by atoms with van der Waals surface area (Å²) < 4.78 is 5.23. The zero-order valence-electron chi connectivity index (χ0n) is 8.81. The molecule has 0 aromatic heterocycles. The summed E-state index contributed by atoms with van der Waals surface area (Å²) in [6, 6.07) is 7.83. The quantitative estimate of drug-likeness (QED) is 0.644. The molecule has 0 amide bonds. The van der Waals surface area contributed by atoms with Crippen molar-refractivity contribution in [2.45, 2.75) is 12.7 Å². The molecule has 1 aromatic carbocycles. The highest BCUT2D eigenvalue weighted by molar-refractivity contribution is 5.44. The predicted molar refractivity (Wildman–Crippen MR) is 58.7 cm³/mol. The molecule has 0 heterocycles. The number of benzene rings is 1. The molecule has 1 aromatic rings. The van der Waals surface area contributed by atoms with Crippen LogP contribution < -0.4 is 5.32 Å². The van der Waals surface area contributed by atoms with Gasteiger partial charge in [-0.3, -0.25) is 0 Å². The molecule has 1 rings (SSSR count). The van der Waals surface area contributed by atoms with E-state index in [1.54, 1.807) is 0 Å². The predicted octanol–water partition coefficient (Wildman–Crippen LogP) is 0.598. The van der Waals surface area contributed by atoms with Crippen molar-refractivity contribution in [3.05, 3.63) is 29.8 Å². The third-order valence-electron chi connectivity index (χ3n) is 2.01. The van der Waals surface area contributed by atoms with Gasteiger partial charge in [0.05, 0.1) is 19.8 Å². The fraction of sp³-hybridized carbons (Fsp3) is 0.455. The first-order valence-electron chi connectivity index (χ1n) is 4.89. The topological polar surface area (TPSA) is 61.7 Å².